The van der Waals surface area contributed by atoms with Crippen molar-refractivity contribution in [1.82, 2.24) is 9.97 Å². The molecular weight excluding hydrogens is 609 g/mol. The number of nitrogens with zero attached hydrogens (tertiary/aromatic N) is 2. The van der Waals surface area contributed by atoms with Crippen LogP contribution < -0.4 is 0 Å². The van der Waals surface area contributed by atoms with Gasteiger partial charge in [0.1, 0.15) is 11.2 Å². The van der Waals surface area contributed by atoms with Crippen LogP contribution in [0.5, 0.6) is 0 Å². The monoisotopic (exact) mass is 638 g/mol. The number of para-hydroxylation sites is 2. The summed E-state index contributed by atoms with van der Waals surface area (Å²) in [6.45, 7) is 0. The molecular formula is C47H30N2O. The molecule has 1 aliphatic rings. The molecule has 3 nitrogen and oxygen atoms in total. The van der Waals surface area contributed by atoms with Crippen LogP contribution in [0.15, 0.2) is 186 Å². The molecule has 50 heavy (non-hydrogen) atoms. The normalized spacial score (nSPS) is 13.0. The van der Waals surface area contributed by atoms with Crippen LogP contribution >= 0.6 is 0 Å². The first-order chi connectivity index (χ1) is 24.8. The van der Waals surface area contributed by atoms with E-state index in [0.29, 0.717) is 5.82 Å². The number of rotatable bonds is 5. The van der Waals surface area contributed by atoms with Gasteiger partial charge in [-0.2, -0.15) is 0 Å². The summed E-state index contributed by atoms with van der Waals surface area (Å²) in [6.07, 6.45) is 0. The Morgan fingerprint density at radius 1 is 0.420 bits per heavy atom. The molecule has 10 rings (SSSR count). The van der Waals surface area contributed by atoms with Crippen LogP contribution in [0.1, 0.15) is 22.3 Å². The van der Waals surface area contributed by atoms with Crippen LogP contribution in [0, 0.1) is 0 Å². The van der Waals surface area contributed by atoms with Crippen LogP contribution in [0.4, 0.5) is 0 Å². The lowest BCUT2D eigenvalue weighted by Gasteiger charge is -2.35. The molecule has 0 amide bonds. The van der Waals surface area contributed by atoms with Crippen molar-refractivity contribution in [3.63, 3.8) is 0 Å². The van der Waals surface area contributed by atoms with Gasteiger partial charge < -0.3 is 4.42 Å². The summed E-state index contributed by atoms with van der Waals surface area (Å²) in [5.41, 5.74) is 13.2. The second-order valence-corrected chi connectivity index (χ2v) is 12.9. The molecule has 0 saturated carbocycles. The van der Waals surface area contributed by atoms with Gasteiger partial charge >= 0.3 is 0 Å². The Morgan fingerprint density at radius 2 is 0.960 bits per heavy atom. The minimum absolute atomic E-state index is 0.568. The maximum atomic E-state index is 6.53. The number of hydrogen-bond acceptors (Lipinski definition) is 3. The van der Waals surface area contributed by atoms with E-state index < -0.39 is 5.41 Å². The molecule has 1 aliphatic carbocycles. The van der Waals surface area contributed by atoms with Gasteiger partial charge in [0.25, 0.3) is 0 Å². The standard InChI is InChI=1S/C47H30N2O/c1-4-16-31(17-5-1)46-48-41(30-42(49-46)39-27-15-25-37-35-23-11-13-29-43(35)50-45(37)39)38-26-14-24-36-34-22-10-12-28-40(34)47(44(36)38,32-18-6-2-7-19-32)33-20-8-3-9-21-33/h1-30H. The summed E-state index contributed by atoms with van der Waals surface area (Å²) in [5, 5.41) is 2.17. The lowest BCUT2D eigenvalue weighted by Crippen LogP contribution is -2.29. The van der Waals surface area contributed by atoms with Gasteiger partial charge in [-0.1, -0.05) is 164 Å². The molecule has 2 heterocycles. The smallest absolute Gasteiger partial charge is 0.160 e. The highest BCUT2D eigenvalue weighted by Crippen LogP contribution is 2.58. The Balaban J connectivity index is 1.31. The number of aromatic nitrogens is 2. The fourth-order valence-electron chi connectivity index (χ4n) is 8.10. The molecule has 0 radical (unpaired) electrons. The summed E-state index contributed by atoms with van der Waals surface area (Å²) in [6, 6.07) is 64.3. The van der Waals surface area contributed by atoms with E-state index in [2.05, 4.69) is 152 Å². The van der Waals surface area contributed by atoms with Crippen LogP contribution in [0.2, 0.25) is 0 Å². The largest absolute Gasteiger partial charge is 0.455 e. The van der Waals surface area contributed by atoms with Gasteiger partial charge in [0.05, 0.1) is 16.8 Å². The van der Waals surface area contributed by atoms with Crippen molar-refractivity contribution >= 4 is 21.9 Å². The summed E-state index contributed by atoms with van der Waals surface area (Å²) in [5.74, 6) is 0.671. The summed E-state index contributed by atoms with van der Waals surface area (Å²) >= 11 is 0. The molecule has 234 valence electrons. The zero-order valence-electron chi connectivity index (χ0n) is 27.1. The first-order valence-corrected chi connectivity index (χ1v) is 17.0. The Morgan fingerprint density at radius 3 is 1.72 bits per heavy atom. The first-order valence-electron chi connectivity index (χ1n) is 17.0. The van der Waals surface area contributed by atoms with Gasteiger partial charge in [0.15, 0.2) is 5.82 Å². The Kier molecular flexibility index (Phi) is 6.40. The average molecular weight is 639 g/mol. The van der Waals surface area contributed by atoms with E-state index in [4.69, 9.17) is 14.4 Å². The second kappa shape index (κ2) is 11.3. The van der Waals surface area contributed by atoms with Crippen LogP contribution in [-0.2, 0) is 5.41 Å². The van der Waals surface area contributed by atoms with Crippen molar-refractivity contribution in [3.05, 3.63) is 204 Å². The van der Waals surface area contributed by atoms with Crippen molar-refractivity contribution in [2.75, 3.05) is 0 Å². The molecule has 0 atom stereocenters. The van der Waals surface area contributed by atoms with E-state index >= 15 is 0 Å². The van der Waals surface area contributed by atoms with Gasteiger partial charge in [-0.05, 0) is 51.6 Å². The third kappa shape index (κ3) is 4.17. The van der Waals surface area contributed by atoms with Gasteiger partial charge in [0, 0.05) is 27.5 Å². The second-order valence-electron chi connectivity index (χ2n) is 12.9. The number of hydrogen-bond donors (Lipinski definition) is 0. The molecule has 0 saturated heterocycles. The molecule has 0 bridgehead atoms. The van der Waals surface area contributed by atoms with Crippen LogP contribution in [-0.4, -0.2) is 9.97 Å². The van der Waals surface area contributed by atoms with Crippen LogP contribution in [0.25, 0.3) is 67.0 Å². The molecule has 0 N–H and O–H groups in total. The first kappa shape index (κ1) is 28.4. The third-order valence-electron chi connectivity index (χ3n) is 10.2. The Hall–Kier alpha value is -6.58. The van der Waals surface area contributed by atoms with E-state index in [1.807, 2.05) is 30.3 Å². The number of benzene rings is 7. The summed E-state index contributed by atoms with van der Waals surface area (Å²) in [4.78, 5) is 10.6. The molecule has 0 spiro atoms. The number of fused-ring (bicyclic) bond motifs is 6. The average Bonchev–Trinajstić information content (AvgIpc) is 3.73. The quantitative estimate of drug-likeness (QED) is 0.188. The van der Waals surface area contributed by atoms with E-state index in [1.165, 1.54) is 33.4 Å². The van der Waals surface area contributed by atoms with Crippen molar-refractivity contribution in [1.29, 1.82) is 0 Å². The topological polar surface area (TPSA) is 38.9 Å². The molecule has 0 fully saturated rings. The molecule has 3 heteroatoms. The maximum Gasteiger partial charge on any atom is 0.160 e. The zero-order valence-corrected chi connectivity index (χ0v) is 27.1. The van der Waals surface area contributed by atoms with E-state index in [0.717, 1.165) is 50.0 Å². The highest BCUT2D eigenvalue weighted by Gasteiger charge is 2.47. The van der Waals surface area contributed by atoms with Crippen molar-refractivity contribution in [2.24, 2.45) is 0 Å². The Bertz CT molecular complexity index is 2660. The molecule has 0 unspecified atom stereocenters. The van der Waals surface area contributed by atoms with E-state index in [1.54, 1.807) is 0 Å². The van der Waals surface area contributed by atoms with Gasteiger partial charge in [-0.25, -0.2) is 9.97 Å². The zero-order chi connectivity index (χ0) is 33.1. The van der Waals surface area contributed by atoms with E-state index in [9.17, 15) is 0 Å². The molecule has 0 aliphatic heterocycles. The maximum absolute atomic E-state index is 6.53. The van der Waals surface area contributed by atoms with Crippen molar-refractivity contribution in [3.8, 4) is 45.0 Å². The van der Waals surface area contributed by atoms with Gasteiger partial charge in [-0.3, -0.25) is 0 Å². The summed E-state index contributed by atoms with van der Waals surface area (Å²) in [7, 11) is 0. The predicted octanol–water partition coefficient (Wildman–Crippen LogP) is 11.7. The lowest BCUT2D eigenvalue weighted by atomic mass is 9.66. The minimum atomic E-state index is -0.568. The highest BCUT2D eigenvalue weighted by molar-refractivity contribution is 6.09. The summed E-state index contributed by atoms with van der Waals surface area (Å²) < 4.78 is 6.53. The fraction of sp³-hybridized carbons (Fsp3) is 0.0213. The minimum Gasteiger partial charge on any atom is -0.455 e. The Labute approximate surface area is 290 Å². The highest BCUT2D eigenvalue weighted by atomic mass is 16.3. The van der Waals surface area contributed by atoms with Crippen LogP contribution in [0.3, 0.4) is 0 Å². The van der Waals surface area contributed by atoms with Gasteiger partial charge in [-0.15, -0.1) is 0 Å². The SMILES string of the molecule is c1ccc(-c2nc(-c3cccc4c3C(c3ccccc3)(c3ccccc3)c3ccccc3-4)cc(-c3cccc4c3oc3ccccc34)n2)cc1. The third-order valence-corrected chi connectivity index (χ3v) is 10.2. The van der Waals surface area contributed by atoms with E-state index in [-0.39, 0.29) is 0 Å². The fourth-order valence-corrected chi connectivity index (χ4v) is 8.10. The molecule has 7 aromatic carbocycles. The molecule has 2 aromatic heterocycles. The molecule has 9 aromatic rings. The lowest BCUT2D eigenvalue weighted by molar-refractivity contribution is 0.670. The predicted molar refractivity (Wildman–Crippen MR) is 203 cm³/mol. The number of furan rings is 1. The van der Waals surface area contributed by atoms with Crippen molar-refractivity contribution in [2.45, 2.75) is 5.41 Å². The van der Waals surface area contributed by atoms with Gasteiger partial charge in [0.2, 0.25) is 0 Å². The van der Waals surface area contributed by atoms with Crippen molar-refractivity contribution < 1.29 is 4.42 Å².